The molecular weight excluding hydrogens is 407 g/mol. The van der Waals surface area contributed by atoms with E-state index in [1.165, 1.54) is 12.1 Å². The molecule has 3 aromatic rings. The van der Waals surface area contributed by atoms with Gasteiger partial charge in [-0.15, -0.1) is 0 Å². The zero-order valence-electron chi connectivity index (χ0n) is 17.7. The first-order valence-electron chi connectivity index (χ1n) is 10.8. The molecule has 32 heavy (non-hydrogen) atoms. The van der Waals surface area contributed by atoms with Crippen LogP contribution in [0.15, 0.2) is 73.3 Å². The third-order valence-electron chi connectivity index (χ3n) is 6.36. The van der Waals surface area contributed by atoms with Crippen LogP contribution < -0.4 is 0 Å². The van der Waals surface area contributed by atoms with E-state index in [4.69, 9.17) is 4.74 Å². The number of carbonyl (C=O) groups excluding carboxylic acids is 1. The minimum Gasteiger partial charge on any atom is -0.361 e. The van der Waals surface area contributed by atoms with Gasteiger partial charge in [-0.2, -0.15) is 0 Å². The normalized spacial score (nSPS) is 23.7. The summed E-state index contributed by atoms with van der Waals surface area (Å²) in [5.41, 5.74) is 2.08. The Labute approximate surface area is 186 Å². The van der Waals surface area contributed by atoms with E-state index in [2.05, 4.69) is 14.9 Å². The fraction of sp³-hybridized carbons (Fsp3) is 0.320. The van der Waals surface area contributed by atoms with Crippen molar-refractivity contribution in [2.75, 3.05) is 26.2 Å². The summed E-state index contributed by atoms with van der Waals surface area (Å²) >= 11 is 0. The van der Waals surface area contributed by atoms with Gasteiger partial charge in [0.05, 0.1) is 6.61 Å². The van der Waals surface area contributed by atoms with Gasteiger partial charge in [0.15, 0.2) is 5.60 Å². The summed E-state index contributed by atoms with van der Waals surface area (Å²) in [5, 5.41) is 0. The number of morpholine rings is 1. The molecule has 7 heteroatoms. The highest BCUT2D eigenvalue weighted by Gasteiger charge is 2.56. The molecule has 1 aromatic carbocycles. The maximum atomic E-state index is 13.9. The molecule has 2 fully saturated rings. The molecule has 0 saturated carbocycles. The molecule has 2 aromatic heterocycles. The third kappa shape index (κ3) is 4.01. The van der Waals surface area contributed by atoms with Gasteiger partial charge in [0.1, 0.15) is 5.82 Å². The maximum absolute atomic E-state index is 13.9. The van der Waals surface area contributed by atoms with E-state index in [-0.39, 0.29) is 17.6 Å². The predicted octanol–water partition coefficient (Wildman–Crippen LogP) is 3.01. The van der Waals surface area contributed by atoms with E-state index in [9.17, 15) is 9.18 Å². The summed E-state index contributed by atoms with van der Waals surface area (Å²) in [7, 11) is 0. The molecule has 2 aliphatic rings. The first-order valence-corrected chi connectivity index (χ1v) is 10.8. The number of aromatic nitrogens is 2. The number of nitrogens with zero attached hydrogens (tertiary/aromatic N) is 4. The van der Waals surface area contributed by atoms with Crippen molar-refractivity contribution < 1.29 is 13.9 Å². The number of hydrogen-bond donors (Lipinski definition) is 0. The van der Waals surface area contributed by atoms with Crippen LogP contribution in [0.1, 0.15) is 22.6 Å². The highest BCUT2D eigenvalue weighted by molar-refractivity contribution is 5.88. The van der Waals surface area contributed by atoms with Crippen LogP contribution in [0, 0.1) is 5.82 Å². The topological polar surface area (TPSA) is 58.6 Å². The van der Waals surface area contributed by atoms with Gasteiger partial charge in [-0.1, -0.05) is 18.2 Å². The Balaban J connectivity index is 1.44. The summed E-state index contributed by atoms with van der Waals surface area (Å²) in [4.78, 5) is 26.3. The second-order valence-corrected chi connectivity index (χ2v) is 8.46. The Morgan fingerprint density at radius 2 is 1.78 bits per heavy atom. The molecule has 2 saturated heterocycles. The molecule has 1 amide bonds. The van der Waals surface area contributed by atoms with E-state index in [1.54, 1.807) is 30.7 Å². The first-order chi connectivity index (χ1) is 15.6. The van der Waals surface area contributed by atoms with Crippen LogP contribution in [0.5, 0.6) is 0 Å². The first kappa shape index (κ1) is 20.7. The lowest BCUT2D eigenvalue weighted by Crippen LogP contribution is -2.59. The van der Waals surface area contributed by atoms with Crippen molar-refractivity contribution in [3.8, 4) is 0 Å². The predicted molar refractivity (Wildman–Crippen MR) is 117 cm³/mol. The fourth-order valence-corrected chi connectivity index (χ4v) is 4.83. The molecule has 2 aliphatic heterocycles. The quantitative estimate of drug-likeness (QED) is 0.620. The van der Waals surface area contributed by atoms with Gasteiger partial charge in [0, 0.05) is 63.4 Å². The molecule has 1 spiro atoms. The molecular formula is C25H25FN4O2. The molecule has 0 unspecified atom stereocenters. The third-order valence-corrected chi connectivity index (χ3v) is 6.36. The van der Waals surface area contributed by atoms with Crippen LogP contribution in [0.25, 0.3) is 0 Å². The number of amides is 1. The van der Waals surface area contributed by atoms with Crippen molar-refractivity contribution in [2.45, 2.75) is 24.6 Å². The Hall–Kier alpha value is -3.16. The van der Waals surface area contributed by atoms with Gasteiger partial charge in [-0.05, 0) is 47.0 Å². The lowest BCUT2D eigenvalue weighted by molar-refractivity contribution is -0.173. The SMILES string of the molecule is O=C1N(Cc2ccncc2)CCO[C@]12CN(Cc1ccc(F)cc1)C[C@@H]2c1cccnc1. The Kier molecular flexibility index (Phi) is 5.68. The minimum atomic E-state index is -0.964. The van der Waals surface area contributed by atoms with Crippen molar-refractivity contribution in [1.29, 1.82) is 0 Å². The molecule has 164 valence electrons. The van der Waals surface area contributed by atoms with Crippen molar-refractivity contribution in [3.05, 3.63) is 95.8 Å². The van der Waals surface area contributed by atoms with Gasteiger partial charge < -0.3 is 9.64 Å². The Morgan fingerprint density at radius 3 is 2.53 bits per heavy atom. The van der Waals surface area contributed by atoms with Crippen molar-refractivity contribution in [1.82, 2.24) is 19.8 Å². The van der Waals surface area contributed by atoms with Crippen molar-refractivity contribution >= 4 is 5.91 Å². The second-order valence-electron chi connectivity index (χ2n) is 8.46. The molecule has 2 atom stereocenters. The lowest BCUT2D eigenvalue weighted by atomic mass is 9.83. The van der Waals surface area contributed by atoms with Gasteiger partial charge in [-0.3, -0.25) is 19.7 Å². The Bertz CT molecular complexity index is 1060. The van der Waals surface area contributed by atoms with Crippen LogP contribution in [0.4, 0.5) is 4.39 Å². The monoisotopic (exact) mass is 432 g/mol. The van der Waals surface area contributed by atoms with Crippen LogP contribution in [0.2, 0.25) is 0 Å². The number of likely N-dealkylation sites (tertiary alicyclic amines) is 1. The molecule has 5 rings (SSSR count). The van der Waals surface area contributed by atoms with E-state index in [0.29, 0.717) is 39.3 Å². The van der Waals surface area contributed by atoms with Crippen molar-refractivity contribution in [2.24, 2.45) is 0 Å². The van der Waals surface area contributed by atoms with E-state index < -0.39 is 5.60 Å². The minimum absolute atomic E-state index is 0.0102. The number of carbonyl (C=O) groups is 1. The van der Waals surface area contributed by atoms with Gasteiger partial charge in [-0.25, -0.2) is 4.39 Å². The molecule has 0 N–H and O–H groups in total. The molecule has 0 bridgehead atoms. The van der Waals surface area contributed by atoms with E-state index >= 15 is 0 Å². The van der Waals surface area contributed by atoms with Crippen LogP contribution in [0.3, 0.4) is 0 Å². The number of benzene rings is 1. The summed E-state index contributed by atoms with van der Waals surface area (Å²) < 4.78 is 19.7. The largest absolute Gasteiger partial charge is 0.361 e. The average Bonchev–Trinajstić information content (AvgIpc) is 3.18. The molecule has 4 heterocycles. The van der Waals surface area contributed by atoms with E-state index in [0.717, 1.165) is 16.7 Å². The number of hydrogen-bond acceptors (Lipinski definition) is 5. The molecule has 0 aliphatic carbocycles. The zero-order valence-corrected chi connectivity index (χ0v) is 17.7. The zero-order chi connectivity index (χ0) is 22.0. The van der Waals surface area contributed by atoms with Crippen LogP contribution in [-0.2, 0) is 22.6 Å². The van der Waals surface area contributed by atoms with Crippen LogP contribution in [-0.4, -0.2) is 57.5 Å². The summed E-state index contributed by atoms with van der Waals surface area (Å²) in [5.74, 6) is -0.377. The summed E-state index contributed by atoms with van der Waals surface area (Å²) in [6, 6.07) is 14.3. The fourth-order valence-electron chi connectivity index (χ4n) is 4.83. The van der Waals surface area contributed by atoms with E-state index in [1.807, 2.05) is 35.4 Å². The molecule has 6 nitrogen and oxygen atoms in total. The highest BCUT2D eigenvalue weighted by Crippen LogP contribution is 2.42. The Morgan fingerprint density at radius 1 is 1.00 bits per heavy atom. The summed E-state index contributed by atoms with van der Waals surface area (Å²) in [6.45, 7) is 3.34. The van der Waals surface area contributed by atoms with Gasteiger partial charge in [0.2, 0.25) is 0 Å². The second kappa shape index (κ2) is 8.76. The van der Waals surface area contributed by atoms with Gasteiger partial charge in [0.25, 0.3) is 5.91 Å². The number of pyridine rings is 2. The average molecular weight is 432 g/mol. The number of ether oxygens (including phenoxy) is 1. The number of halogens is 1. The summed E-state index contributed by atoms with van der Waals surface area (Å²) in [6.07, 6.45) is 7.05. The van der Waals surface area contributed by atoms with Gasteiger partial charge >= 0.3 is 0 Å². The number of rotatable bonds is 5. The maximum Gasteiger partial charge on any atom is 0.257 e. The highest BCUT2D eigenvalue weighted by atomic mass is 19.1. The standard InChI is InChI=1S/C25H25FN4O2/c26-22-5-3-19(4-6-22)15-29-17-23(21-2-1-9-28-14-21)25(18-29)24(31)30(12-13-32-25)16-20-7-10-27-11-8-20/h1-11,14,23H,12-13,15-18H2/t23-,25+/m1/s1. The van der Waals surface area contributed by atoms with Crippen molar-refractivity contribution in [3.63, 3.8) is 0 Å². The lowest BCUT2D eigenvalue weighted by Gasteiger charge is -2.42. The smallest absolute Gasteiger partial charge is 0.257 e. The van der Waals surface area contributed by atoms with Crippen LogP contribution >= 0.6 is 0 Å². The molecule has 0 radical (unpaired) electrons.